The zero-order valence-corrected chi connectivity index (χ0v) is 16.6. The minimum atomic E-state index is 0.0188. The van der Waals surface area contributed by atoms with E-state index in [1.165, 1.54) is 12.8 Å². The Balaban J connectivity index is 1.46. The third-order valence-electron chi connectivity index (χ3n) is 5.60. The lowest BCUT2D eigenvalue weighted by molar-refractivity contribution is 0.0728. The molecule has 1 amide bonds. The summed E-state index contributed by atoms with van der Waals surface area (Å²) < 4.78 is 13.1. The lowest BCUT2D eigenvalue weighted by Gasteiger charge is -2.23. The molecule has 0 atom stereocenters. The summed E-state index contributed by atoms with van der Waals surface area (Å²) >= 11 is 0. The first kappa shape index (κ1) is 18.0. The molecule has 150 valence electrons. The van der Waals surface area contributed by atoms with Crippen LogP contribution in [0.5, 0.6) is 11.5 Å². The molecule has 1 aliphatic heterocycles. The van der Waals surface area contributed by atoms with Gasteiger partial charge >= 0.3 is 0 Å². The van der Waals surface area contributed by atoms with Gasteiger partial charge in [-0.25, -0.2) is 4.98 Å². The number of benzene rings is 2. The molecule has 0 saturated heterocycles. The molecule has 1 fully saturated rings. The maximum Gasteiger partial charge on any atom is 0.254 e. The molecule has 1 aliphatic carbocycles. The quantitative estimate of drug-likeness (QED) is 0.605. The number of imidazole rings is 1. The van der Waals surface area contributed by atoms with Crippen LogP contribution in [0.3, 0.4) is 0 Å². The number of para-hydroxylation sites is 2. The Morgan fingerprint density at radius 3 is 2.83 bits per heavy atom. The van der Waals surface area contributed by atoms with Gasteiger partial charge in [0.1, 0.15) is 5.82 Å². The van der Waals surface area contributed by atoms with E-state index in [0.717, 1.165) is 36.4 Å². The Bertz CT molecular complexity index is 1050. The lowest BCUT2D eigenvalue weighted by atomic mass is 10.1. The SMILES string of the molecule is CCCn1c(CN(CC2CC2)C(=O)c2ccc3c(c2)OCO3)nc2ccccc21. The highest BCUT2D eigenvalue weighted by atomic mass is 16.7. The Hall–Kier alpha value is -3.02. The summed E-state index contributed by atoms with van der Waals surface area (Å²) in [5, 5.41) is 0. The molecule has 0 spiro atoms. The maximum absolute atomic E-state index is 13.4. The van der Waals surface area contributed by atoms with Crippen molar-refractivity contribution in [1.82, 2.24) is 14.5 Å². The van der Waals surface area contributed by atoms with Crippen LogP contribution in [0.4, 0.5) is 0 Å². The zero-order chi connectivity index (χ0) is 19.8. The number of aryl methyl sites for hydroxylation is 1. The second-order valence-electron chi connectivity index (χ2n) is 7.87. The number of nitrogens with zero attached hydrogens (tertiary/aromatic N) is 3. The monoisotopic (exact) mass is 391 g/mol. The van der Waals surface area contributed by atoms with Crippen molar-refractivity contribution < 1.29 is 14.3 Å². The minimum Gasteiger partial charge on any atom is -0.454 e. The fourth-order valence-electron chi connectivity index (χ4n) is 3.93. The van der Waals surface area contributed by atoms with Crippen LogP contribution in [-0.2, 0) is 13.1 Å². The predicted molar refractivity (Wildman–Crippen MR) is 110 cm³/mol. The first-order chi connectivity index (χ1) is 14.2. The number of hydrogen-bond donors (Lipinski definition) is 0. The number of carbonyl (C=O) groups is 1. The molecule has 29 heavy (non-hydrogen) atoms. The molecule has 0 bridgehead atoms. The van der Waals surface area contributed by atoms with Gasteiger partial charge in [-0.3, -0.25) is 4.79 Å². The van der Waals surface area contributed by atoms with E-state index in [4.69, 9.17) is 14.5 Å². The molecule has 0 unspecified atom stereocenters. The molecule has 6 nitrogen and oxygen atoms in total. The van der Waals surface area contributed by atoms with Gasteiger partial charge in [-0.15, -0.1) is 0 Å². The van der Waals surface area contributed by atoms with Crippen LogP contribution >= 0.6 is 0 Å². The van der Waals surface area contributed by atoms with E-state index in [2.05, 4.69) is 17.6 Å². The van der Waals surface area contributed by atoms with Gasteiger partial charge in [0.25, 0.3) is 5.91 Å². The van der Waals surface area contributed by atoms with Crippen molar-refractivity contribution in [1.29, 1.82) is 0 Å². The van der Waals surface area contributed by atoms with E-state index in [9.17, 15) is 4.79 Å². The number of amides is 1. The standard InChI is InChI=1S/C23H25N3O3/c1-2-11-26-19-6-4-3-5-18(19)24-22(26)14-25(13-16-7-8-16)23(27)17-9-10-20-21(12-17)29-15-28-20/h3-6,9-10,12,16H,2,7-8,11,13-15H2,1H3. The van der Waals surface area contributed by atoms with Crippen molar-refractivity contribution in [2.75, 3.05) is 13.3 Å². The second kappa shape index (κ2) is 7.43. The highest BCUT2D eigenvalue weighted by molar-refractivity contribution is 5.95. The highest BCUT2D eigenvalue weighted by Gasteiger charge is 2.29. The third kappa shape index (κ3) is 3.55. The maximum atomic E-state index is 13.4. The lowest BCUT2D eigenvalue weighted by Crippen LogP contribution is -2.33. The van der Waals surface area contributed by atoms with Crippen LogP contribution in [0, 0.1) is 5.92 Å². The number of carbonyl (C=O) groups excluding carboxylic acids is 1. The van der Waals surface area contributed by atoms with Crippen molar-refractivity contribution in [3.8, 4) is 11.5 Å². The van der Waals surface area contributed by atoms with Gasteiger partial charge in [-0.2, -0.15) is 0 Å². The average Bonchev–Trinajstić information content (AvgIpc) is 3.32. The van der Waals surface area contributed by atoms with Gasteiger partial charge in [0.2, 0.25) is 6.79 Å². The fraction of sp³-hybridized carbons (Fsp3) is 0.391. The van der Waals surface area contributed by atoms with Gasteiger partial charge < -0.3 is 18.9 Å². The summed E-state index contributed by atoms with van der Waals surface area (Å²) in [7, 11) is 0. The number of fused-ring (bicyclic) bond motifs is 2. The smallest absolute Gasteiger partial charge is 0.254 e. The largest absolute Gasteiger partial charge is 0.454 e. The molecule has 5 rings (SSSR count). The van der Waals surface area contributed by atoms with Crippen LogP contribution in [0.1, 0.15) is 42.4 Å². The number of hydrogen-bond acceptors (Lipinski definition) is 4. The summed E-state index contributed by atoms with van der Waals surface area (Å²) in [6.45, 7) is 4.55. The van der Waals surface area contributed by atoms with Crippen molar-refractivity contribution >= 4 is 16.9 Å². The molecule has 1 aromatic heterocycles. The van der Waals surface area contributed by atoms with Crippen molar-refractivity contribution in [3.05, 3.63) is 53.9 Å². The van der Waals surface area contributed by atoms with Crippen molar-refractivity contribution in [2.45, 2.75) is 39.3 Å². The van der Waals surface area contributed by atoms with Gasteiger partial charge in [-0.1, -0.05) is 19.1 Å². The van der Waals surface area contributed by atoms with Gasteiger partial charge in [0.05, 0.1) is 17.6 Å². The van der Waals surface area contributed by atoms with Crippen LogP contribution in [0.2, 0.25) is 0 Å². The Morgan fingerprint density at radius 1 is 1.17 bits per heavy atom. The van der Waals surface area contributed by atoms with Gasteiger partial charge in [0.15, 0.2) is 11.5 Å². The van der Waals surface area contributed by atoms with E-state index in [1.807, 2.05) is 35.2 Å². The van der Waals surface area contributed by atoms with E-state index >= 15 is 0 Å². The molecule has 6 heteroatoms. The first-order valence-corrected chi connectivity index (χ1v) is 10.4. The van der Waals surface area contributed by atoms with Crippen LogP contribution in [0.25, 0.3) is 11.0 Å². The second-order valence-corrected chi connectivity index (χ2v) is 7.87. The average molecular weight is 391 g/mol. The minimum absolute atomic E-state index is 0.0188. The highest BCUT2D eigenvalue weighted by Crippen LogP contribution is 2.34. The summed E-state index contributed by atoms with van der Waals surface area (Å²) in [6.07, 6.45) is 3.40. The molecular formula is C23H25N3O3. The molecule has 2 aliphatic rings. The summed E-state index contributed by atoms with van der Waals surface area (Å²) in [6, 6.07) is 13.6. The van der Waals surface area contributed by atoms with E-state index in [0.29, 0.717) is 29.5 Å². The van der Waals surface area contributed by atoms with Crippen LogP contribution in [0.15, 0.2) is 42.5 Å². The molecule has 2 heterocycles. The summed E-state index contributed by atoms with van der Waals surface area (Å²) in [4.78, 5) is 20.2. The Kier molecular flexibility index (Phi) is 4.62. The molecule has 1 saturated carbocycles. The first-order valence-electron chi connectivity index (χ1n) is 10.4. The third-order valence-corrected chi connectivity index (χ3v) is 5.60. The van der Waals surface area contributed by atoms with Crippen molar-refractivity contribution in [3.63, 3.8) is 0 Å². The Labute approximate surface area is 170 Å². The number of rotatable bonds is 7. The normalized spacial score (nSPS) is 15.1. The van der Waals surface area contributed by atoms with E-state index in [-0.39, 0.29) is 12.7 Å². The molecule has 0 radical (unpaired) electrons. The number of ether oxygens (including phenoxy) is 2. The molecule has 2 aromatic carbocycles. The van der Waals surface area contributed by atoms with E-state index < -0.39 is 0 Å². The fourth-order valence-corrected chi connectivity index (χ4v) is 3.93. The van der Waals surface area contributed by atoms with E-state index in [1.54, 1.807) is 6.07 Å². The van der Waals surface area contributed by atoms with Gasteiger partial charge in [0, 0.05) is 18.7 Å². The van der Waals surface area contributed by atoms with Crippen LogP contribution < -0.4 is 9.47 Å². The number of aromatic nitrogens is 2. The predicted octanol–water partition coefficient (Wildman–Crippen LogP) is 4.23. The topological polar surface area (TPSA) is 56.6 Å². The molecular weight excluding hydrogens is 366 g/mol. The summed E-state index contributed by atoms with van der Waals surface area (Å²) in [5.74, 6) is 2.89. The van der Waals surface area contributed by atoms with Crippen molar-refractivity contribution in [2.24, 2.45) is 5.92 Å². The molecule has 3 aromatic rings. The van der Waals surface area contributed by atoms with Crippen LogP contribution in [-0.4, -0.2) is 33.7 Å². The summed E-state index contributed by atoms with van der Waals surface area (Å²) in [5.41, 5.74) is 2.75. The van der Waals surface area contributed by atoms with Gasteiger partial charge in [-0.05, 0) is 55.5 Å². The zero-order valence-electron chi connectivity index (χ0n) is 16.6. The molecule has 0 N–H and O–H groups in total. The Morgan fingerprint density at radius 2 is 2.00 bits per heavy atom.